The summed E-state index contributed by atoms with van der Waals surface area (Å²) in [6.45, 7) is 3.81. The van der Waals surface area contributed by atoms with Gasteiger partial charge in [0, 0.05) is 6.54 Å². The minimum Gasteiger partial charge on any atom is -0.483 e. The third kappa shape index (κ3) is 11.2. The Morgan fingerprint density at radius 2 is 1.57 bits per heavy atom. The van der Waals surface area contributed by atoms with Gasteiger partial charge in [0.15, 0.2) is 6.61 Å². The van der Waals surface area contributed by atoms with E-state index < -0.39 is 52.3 Å². The van der Waals surface area contributed by atoms with E-state index >= 15 is 0 Å². The number of nitrogens with one attached hydrogen (secondary N) is 1. The number of alkyl halides is 3. The first-order chi connectivity index (χ1) is 20.4. The standard InChI is InChI=1S/C31H35F3N2O7S/c1-30(2,3)43-29(39)36(19-26(37)23-8-6-5-7-9-23)17-16-21-10-12-22(13-11-21)24-14-15-25(28(38)35-44(4,40)41)27(18-24)42-20-31(32,33)34/h5-15,18,26,37H,16-17,19-20H2,1-4H3,(H,35,38)/t26-/m0/s1. The number of carbonyl (C=O) groups excluding carboxylic acids is 2. The Kier molecular flexibility index (Phi) is 11.0. The number of halogens is 3. The fourth-order valence-electron chi connectivity index (χ4n) is 4.09. The van der Waals surface area contributed by atoms with Crippen LogP contribution in [-0.4, -0.2) is 68.2 Å². The second kappa shape index (κ2) is 14.1. The summed E-state index contributed by atoms with van der Waals surface area (Å²) in [7, 11) is -3.97. The molecule has 1 atom stereocenters. The average Bonchev–Trinajstić information content (AvgIpc) is 2.92. The Labute approximate surface area is 254 Å². The average molecular weight is 637 g/mol. The summed E-state index contributed by atoms with van der Waals surface area (Å²) in [5.74, 6) is -1.56. The van der Waals surface area contributed by atoms with Gasteiger partial charge in [0.05, 0.1) is 24.5 Å². The van der Waals surface area contributed by atoms with Gasteiger partial charge in [0.25, 0.3) is 5.91 Å². The summed E-state index contributed by atoms with van der Waals surface area (Å²) in [5, 5.41) is 10.7. The molecule has 0 aliphatic carbocycles. The van der Waals surface area contributed by atoms with Gasteiger partial charge in [-0.05, 0) is 61.6 Å². The molecule has 44 heavy (non-hydrogen) atoms. The molecule has 0 saturated carbocycles. The first kappa shape index (κ1) is 34.4. The Hall–Kier alpha value is -4.10. The van der Waals surface area contributed by atoms with Crippen LogP contribution in [0.2, 0.25) is 0 Å². The quantitative estimate of drug-likeness (QED) is 0.285. The number of benzene rings is 3. The number of nitrogens with zero attached hydrogens (tertiary/aromatic N) is 1. The predicted molar refractivity (Wildman–Crippen MR) is 159 cm³/mol. The summed E-state index contributed by atoms with van der Waals surface area (Å²) in [4.78, 5) is 26.8. The third-order valence-electron chi connectivity index (χ3n) is 6.08. The maximum atomic E-state index is 12.9. The molecule has 0 fully saturated rings. The topological polar surface area (TPSA) is 122 Å². The number of ether oxygens (including phenoxy) is 2. The first-order valence-electron chi connectivity index (χ1n) is 13.6. The summed E-state index contributed by atoms with van der Waals surface area (Å²) in [6.07, 6.45) is -5.04. The van der Waals surface area contributed by atoms with E-state index in [1.165, 1.54) is 23.1 Å². The van der Waals surface area contributed by atoms with Crippen LogP contribution in [0, 0.1) is 0 Å². The number of rotatable bonds is 11. The fraction of sp³-hybridized carbons (Fsp3) is 0.355. The van der Waals surface area contributed by atoms with Crippen LogP contribution in [0.25, 0.3) is 11.1 Å². The van der Waals surface area contributed by atoms with E-state index in [9.17, 15) is 36.3 Å². The lowest BCUT2D eigenvalue weighted by Crippen LogP contribution is -2.40. The van der Waals surface area contributed by atoms with E-state index in [0.717, 1.165) is 11.8 Å². The van der Waals surface area contributed by atoms with Crippen LogP contribution in [0.5, 0.6) is 5.75 Å². The zero-order valence-electron chi connectivity index (χ0n) is 24.7. The number of aliphatic hydroxyl groups excluding tert-OH is 1. The fourth-order valence-corrected chi connectivity index (χ4v) is 4.54. The number of aliphatic hydroxyl groups is 1. The van der Waals surface area contributed by atoms with E-state index in [1.54, 1.807) is 74.0 Å². The Bertz CT molecular complexity index is 1540. The van der Waals surface area contributed by atoms with Crippen LogP contribution in [0.4, 0.5) is 18.0 Å². The molecule has 2 amide bonds. The smallest absolute Gasteiger partial charge is 0.422 e. The van der Waals surface area contributed by atoms with Gasteiger partial charge in [-0.2, -0.15) is 13.2 Å². The van der Waals surface area contributed by atoms with Crippen molar-refractivity contribution in [3.05, 3.63) is 89.5 Å². The lowest BCUT2D eigenvalue weighted by atomic mass is 10.0. The van der Waals surface area contributed by atoms with Crippen molar-refractivity contribution in [3.8, 4) is 16.9 Å². The Morgan fingerprint density at radius 1 is 0.955 bits per heavy atom. The van der Waals surface area contributed by atoms with Crippen LogP contribution in [0.1, 0.15) is 48.4 Å². The van der Waals surface area contributed by atoms with Gasteiger partial charge >= 0.3 is 12.3 Å². The Morgan fingerprint density at radius 3 is 2.14 bits per heavy atom. The molecule has 3 aromatic rings. The SMILES string of the molecule is CC(C)(C)OC(=O)N(CCc1ccc(-c2ccc(C(=O)NS(C)(=O)=O)c(OCC(F)(F)F)c2)cc1)C[C@H](O)c1ccccc1. The highest BCUT2D eigenvalue weighted by atomic mass is 32.2. The molecule has 9 nitrogen and oxygen atoms in total. The van der Waals surface area contributed by atoms with Crippen LogP contribution in [0.15, 0.2) is 72.8 Å². The van der Waals surface area contributed by atoms with E-state index in [2.05, 4.69) is 0 Å². The molecule has 0 aromatic heterocycles. The molecule has 0 aliphatic rings. The van der Waals surface area contributed by atoms with Crippen molar-refractivity contribution in [2.24, 2.45) is 0 Å². The molecule has 0 bridgehead atoms. The number of sulfonamides is 1. The van der Waals surface area contributed by atoms with Crippen molar-refractivity contribution in [1.82, 2.24) is 9.62 Å². The molecule has 3 rings (SSSR count). The number of amides is 2. The van der Waals surface area contributed by atoms with Crippen molar-refractivity contribution in [1.29, 1.82) is 0 Å². The van der Waals surface area contributed by atoms with Gasteiger partial charge in [-0.25, -0.2) is 17.9 Å². The third-order valence-corrected chi connectivity index (χ3v) is 6.64. The number of carbonyl (C=O) groups is 2. The zero-order valence-corrected chi connectivity index (χ0v) is 25.5. The predicted octanol–water partition coefficient (Wildman–Crippen LogP) is 5.50. The molecule has 13 heteroatoms. The molecule has 0 spiro atoms. The van der Waals surface area contributed by atoms with Crippen molar-refractivity contribution in [3.63, 3.8) is 0 Å². The first-order valence-corrected chi connectivity index (χ1v) is 15.5. The molecule has 0 heterocycles. The van der Waals surface area contributed by atoms with Gasteiger partial charge in [0.1, 0.15) is 11.4 Å². The highest BCUT2D eigenvalue weighted by molar-refractivity contribution is 7.89. The van der Waals surface area contributed by atoms with Crippen LogP contribution >= 0.6 is 0 Å². The van der Waals surface area contributed by atoms with Gasteiger partial charge in [-0.15, -0.1) is 0 Å². The highest BCUT2D eigenvalue weighted by Gasteiger charge is 2.30. The molecular formula is C31H35F3N2O7S. The van der Waals surface area contributed by atoms with E-state index in [4.69, 9.17) is 9.47 Å². The molecule has 0 unspecified atom stereocenters. The molecule has 2 N–H and O–H groups in total. The van der Waals surface area contributed by atoms with Gasteiger partial charge in [-0.1, -0.05) is 60.7 Å². The summed E-state index contributed by atoms with van der Waals surface area (Å²) in [6, 6.07) is 19.8. The van der Waals surface area contributed by atoms with Crippen LogP contribution in [-0.2, 0) is 21.2 Å². The normalized spacial score (nSPS) is 12.7. The van der Waals surface area contributed by atoms with E-state index in [1.807, 2.05) is 6.07 Å². The lowest BCUT2D eigenvalue weighted by molar-refractivity contribution is -0.153. The summed E-state index contributed by atoms with van der Waals surface area (Å²) >= 11 is 0. The molecule has 0 saturated heterocycles. The second-order valence-electron chi connectivity index (χ2n) is 11.1. The molecule has 3 aromatic carbocycles. The van der Waals surface area contributed by atoms with Crippen molar-refractivity contribution < 1.29 is 45.8 Å². The van der Waals surface area contributed by atoms with Gasteiger partial charge in [0.2, 0.25) is 10.0 Å². The molecular weight excluding hydrogens is 601 g/mol. The lowest BCUT2D eigenvalue weighted by Gasteiger charge is -2.29. The number of hydrogen-bond acceptors (Lipinski definition) is 7. The van der Waals surface area contributed by atoms with Gasteiger partial charge in [-0.3, -0.25) is 4.79 Å². The minimum atomic E-state index is -4.69. The second-order valence-corrected chi connectivity index (χ2v) is 12.9. The van der Waals surface area contributed by atoms with Crippen LogP contribution < -0.4 is 9.46 Å². The summed E-state index contributed by atoms with van der Waals surface area (Å²) < 4.78 is 73.7. The summed E-state index contributed by atoms with van der Waals surface area (Å²) in [5.41, 5.74) is 1.38. The van der Waals surface area contributed by atoms with Crippen molar-refractivity contribution >= 4 is 22.0 Å². The Balaban J connectivity index is 1.79. The molecule has 238 valence electrons. The maximum Gasteiger partial charge on any atom is 0.422 e. The van der Waals surface area contributed by atoms with Crippen molar-refractivity contribution in [2.75, 3.05) is 26.0 Å². The van der Waals surface area contributed by atoms with E-state index in [-0.39, 0.29) is 18.7 Å². The van der Waals surface area contributed by atoms with Crippen molar-refractivity contribution in [2.45, 2.75) is 45.1 Å². The maximum absolute atomic E-state index is 12.9. The monoisotopic (exact) mass is 636 g/mol. The molecule has 0 aliphatic heterocycles. The van der Waals surface area contributed by atoms with E-state index in [0.29, 0.717) is 23.1 Å². The zero-order chi connectivity index (χ0) is 32.7. The number of hydrogen-bond donors (Lipinski definition) is 2. The van der Waals surface area contributed by atoms with Crippen LogP contribution in [0.3, 0.4) is 0 Å². The minimum absolute atomic E-state index is 0.0109. The largest absolute Gasteiger partial charge is 0.483 e. The molecule has 0 radical (unpaired) electrons. The van der Waals surface area contributed by atoms with Gasteiger partial charge < -0.3 is 19.5 Å². The highest BCUT2D eigenvalue weighted by Crippen LogP contribution is 2.30.